The number of carboxylic acids is 1. The second kappa shape index (κ2) is 12.2. The molecule has 5 atom stereocenters. The molecular formula is C34H40F2N4O7. The van der Waals surface area contributed by atoms with E-state index in [1.807, 2.05) is 48.5 Å². The number of alkyl carbamates (subject to hydrolysis) is 1. The van der Waals surface area contributed by atoms with Crippen LogP contribution in [0.15, 0.2) is 53.7 Å². The van der Waals surface area contributed by atoms with Gasteiger partial charge in [0.2, 0.25) is 18.2 Å². The van der Waals surface area contributed by atoms with E-state index in [1.165, 1.54) is 4.90 Å². The van der Waals surface area contributed by atoms with Crippen molar-refractivity contribution < 1.29 is 42.6 Å². The lowest BCUT2D eigenvalue weighted by Crippen LogP contribution is -2.59. The van der Waals surface area contributed by atoms with Crippen LogP contribution in [0.5, 0.6) is 0 Å². The quantitative estimate of drug-likeness (QED) is 0.302. The predicted octanol–water partition coefficient (Wildman–Crippen LogP) is 4.57. The van der Waals surface area contributed by atoms with Crippen LogP contribution in [0.2, 0.25) is 0 Å². The maximum absolute atomic E-state index is 14.2. The minimum atomic E-state index is -2.96. The molecule has 0 unspecified atom stereocenters. The molecule has 252 valence electrons. The highest BCUT2D eigenvalue weighted by atomic mass is 19.3. The van der Waals surface area contributed by atoms with Gasteiger partial charge in [-0.3, -0.25) is 9.59 Å². The second-order valence-electron chi connectivity index (χ2n) is 14.4. The third-order valence-electron chi connectivity index (χ3n) is 8.62. The number of fused-ring (bicyclic) bond motifs is 3. The number of halogens is 2. The largest absolute Gasteiger partial charge is 0.479 e. The minimum Gasteiger partial charge on any atom is -0.479 e. The van der Waals surface area contributed by atoms with Crippen molar-refractivity contribution in [2.24, 2.45) is 16.5 Å². The summed E-state index contributed by atoms with van der Waals surface area (Å²) in [5.74, 6) is -4.70. The van der Waals surface area contributed by atoms with E-state index in [0.717, 1.165) is 22.3 Å². The predicted molar refractivity (Wildman–Crippen MR) is 168 cm³/mol. The van der Waals surface area contributed by atoms with Crippen molar-refractivity contribution in [3.8, 4) is 11.1 Å². The van der Waals surface area contributed by atoms with Gasteiger partial charge in [0.05, 0.1) is 12.5 Å². The maximum Gasteiger partial charge on any atom is 0.408 e. The minimum absolute atomic E-state index is 0.101. The molecular weight excluding hydrogens is 614 g/mol. The average molecular weight is 655 g/mol. The average Bonchev–Trinajstić information content (AvgIpc) is 3.42. The third kappa shape index (κ3) is 6.79. The summed E-state index contributed by atoms with van der Waals surface area (Å²) in [7, 11) is 0. The van der Waals surface area contributed by atoms with Gasteiger partial charge in [0.25, 0.3) is 0 Å². The Hall–Kier alpha value is -4.55. The zero-order valence-corrected chi connectivity index (χ0v) is 27.2. The van der Waals surface area contributed by atoms with Gasteiger partial charge in [-0.1, -0.05) is 74.5 Å². The first-order valence-corrected chi connectivity index (χ1v) is 15.5. The molecule has 0 spiro atoms. The highest BCUT2D eigenvalue weighted by Crippen LogP contribution is 2.48. The number of rotatable bonds is 8. The molecule has 5 rings (SSSR count). The molecule has 47 heavy (non-hydrogen) atoms. The number of ether oxygens (including phenoxy) is 1. The number of likely N-dealkylation sites (tertiary alicyclic amines) is 1. The van der Waals surface area contributed by atoms with Gasteiger partial charge >= 0.3 is 12.1 Å². The molecule has 2 fully saturated rings. The molecule has 1 saturated heterocycles. The number of carbonyl (C=O) groups excluding carboxylic acids is 3. The van der Waals surface area contributed by atoms with Crippen LogP contribution in [-0.2, 0) is 24.0 Å². The van der Waals surface area contributed by atoms with Crippen molar-refractivity contribution in [3.05, 3.63) is 59.7 Å². The molecule has 3 N–H and O–H groups in total. The summed E-state index contributed by atoms with van der Waals surface area (Å²) in [6.07, 6.45) is -5.17. The highest BCUT2D eigenvalue weighted by molar-refractivity contribution is 6.24. The number of hydrogen-bond acceptors (Lipinski definition) is 7. The lowest BCUT2D eigenvalue weighted by atomic mass is 9.85. The van der Waals surface area contributed by atoms with Crippen LogP contribution in [0, 0.1) is 11.3 Å². The Balaban J connectivity index is 1.44. The molecule has 2 aliphatic carbocycles. The first-order chi connectivity index (χ1) is 21.9. The third-order valence-corrected chi connectivity index (χ3v) is 8.62. The second-order valence-corrected chi connectivity index (χ2v) is 14.4. The normalized spacial score (nSPS) is 23.8. The van der Waals surface area contributed by atoms with Crippen molar-refractivity contribution in [3.63, 3.8) is 0 Å². The molecule has 3 amide bonds. The molecule has 1 heterocycles. The van der Waals surface area contributed by atoms with Gasteiger partial charge < -0.3 is 30.2 Å². The summed E-state index contributed by atoms with van der Waals surface area (Å²) < 4.78 is 32.5. The standard InChI is InChI=1S/C34H40F2N4O7/c1-32(2,3)26(37-31(45)46-33(4,5)6)29(42)40-17-18(15-24(40)28(41)38-34(30(43)44)16-23(34)27(35)36)47-39-25-21-13-9-7-11-19(21)20-12-8-10-14-22(20)25/h7-14,18,23-24,26-27H,15-17H2,1-6H3,(H,37,45)(H,38,41)(H,43,44)/t18-,23+,24+,26-,34+/m1/s1. The van der Waals surface area contributed by atoms with Crippen LogP contribution >= 0.6 is 0 Å². The number of carbonyl (C=O) groups is 4. The topological polar surface area (TPSA) is 147 Å². The zero-order chi connectivity index (χ0) is 34.5. The molecule has 2 aromatic rings. The Morgan fingerprint density at radius 1 is 0.957 bits per heavy atom. The number of benzene rings is 2. The van der Waals surface area contributed by atoms with Crippen molar-refractivity contribution in [1.82, 2.24) is 15.5 Å². The summed E-state index contributed by atoms with van der Waals surface area (Å²) >= 11 is 0. The molecule has 3 aliphatic rings. The molecule has 0 aromatic heterocycles. The van der Waals surface area contributed by atoms with Crippen molar-refractivity contribution in [1.29, 1.82) is 0 Å². The van der Waals surface area contributed by atoms with E-state index in [4.69, 9.17) is 9.57 Å². The zero-order valence-electron chi connectivity index (χ0n) is 27.2. The monoisotopic (exact) mass is 654 g/mol. The molecule has 13 heteroatoms. The first-order valence-electron chi connectivity index (χ1n) is 15.5. The maximum atomic E-state index is 14.2. The summed E-state index contributed by atoms with van der Waals surface area (Å²) in [5.41, 5.74) is 0.367. The number of aliphatic carboxylic acids is 1. The van der Waals surface area contributed by atoms with Gasteiger partial charge in [-0.25, -0.2) is 18.4 Å². The van der Waals surface area contributed by atoms with Gasteiger partial charge in [0, 0.05) is 17.5 Å². The fourth-order valence-electron chi connectivity index (χ4n) is 6.16. The van der Waals surface area contributed by atoms with Crippen LogP contribution in [0.25, 0.3) is 11.1 Å². The van der Waals surface area contributed by atoms with Crippen LogP contribution < -0.4 is 10.6 Å². The number of nitrogens with one attached hydrogen (secondary N) is 2. The van der Waals surface area contributed by atoms with Gasteiger partial charge in [-0.2, -0.15) is 0 Å². The molecule has 11 nitrogen and oxygen atoms in total. The van der Waals surface area contributed by atoms with Crippen molar-refractivity contribution >= 4 is 29.6 Å². The molecule has 1 saturated carbocycles. The van der Waals surface area contributed by atoms with E-state index < -0.39 is 77.4 Å². The van der Waals surface area contributed by atoms with Crippen LogP contribution in [0.3, 0.4) is 0 Å². The van der Waals surface area contributed by atoms with E-state index in [2.05, 4.69) is 15.8 Å². The fraction of sp³-hybridized carbons (Fsp3) is 0.500. The smallest absolute Gasteiger partial charge is 0.408 e. The molecule has 1 aliphatic heterocycles. The summed E-state index contributed by atoms with van der Waals surface area (Å²) in [4.78, 5) is 59.8. The van der Waals surface area contributed by atoms with Gasteiger partial charge in [0.15, 0.2) is 0 Å². The van der Waals surface area contributed by atoms with Crippen molar-refractivity contribution in [2.75, 3.05) is 6.54 Å². The van der Waals surface area contributed by atoms with Crippen molar-refractivity contribution in [2.45, 2.75) is 90.1 Å². The van der Waals surface area contributed by atoms with Crippen LogP contribution in [-0.4, -0.2) is 81.9 Å². The van der Waals surface area contributed by atoms with Crippen LogP contribution in [0.4, 0.5) is 13.6 Å². The molecule has 0 bridgehead atoms. The summed E-state index contributed by atoms with van der Waals surface area (Å²) in [6, 6.07) is 12.9. The van der Waals surface area contributed by atoms with Gasteiger partial charge in [0.1, 0.15) is 35.0 Å². The van der Waals surface area contributed by atoms with E-state index in [-0.39, 0.29) is 13.0 Å². The van der Waals surface area contributed by atoms with Gasteiger partial charge in [-0.15, -0.1) is 0 Å². The Morgan fingerprint density at radius 2 is 1.51 bits per heavy atom. The Morgan fingerprint density at radius 3 is 1.98 bits per heavy atom. The number of nitrogens with zero attached hydrogens (tertiary/aromatic N) is 2. The fourth-order valence-corrected chi connectivity index (χ4v) is 6.16. The van der Waals surface area contributed by atoms with E-state index in [0.29, 0.717) is 5.71 Å². The Labute approximate surface area is 271 Å². The molecule has 2 aromatic carbocycles. The SMILES string of the molecule is CC(C)(C)OC(=O)N[C@H](C(=O)N1C[C@H](ON=C2c3ccccc3-c3ccccc32)C[C@H]1C(=O)N[C@@]1(C(=O)O)C[C@H]1C(F)F)C(C)(C)C. The van der Waals surface area contributed by atoms with E-state index in [1.54, 1.807) is 41.5 Å². The first kappa shape index (κ1) is 33.8. The van der Waals surface area contributed by atoms with E-state index >= 15 is 0 Å². The Kier molecular flexibility index (Phi) is 8.80. The lowest BCUT2D eigenvalue weighted by molar-refractivity contribution is -0.147. The Bertz CT molecular complexity index is 1570. The summed E-state index contributed by atoms with van der Waals surface area (Å²) in [6.45, 7) is 10.1. The summed E-state index contributed by atoms with van der Waals surface area (Å²) in [5, 5.41) is 19.2. The number of alkyl halides is 2. The number of amides is 3. The highest BCUT2D eigenvalue weighted by Gasteiger charge is 2.66. The number of oxime groups is 1. The van der Waals surface area contributed by atoms with E-state index in [9.17, 15) is 33.1 Å². The number of hydrogen-bond donors (Lipinski definition) is 3. The molecule has 0 radical (unpaired) electrons. The lowest BCUT2D eigenvalue weighted by Gasteiger charge is -2.35. The number of carboxylic acid groups (broad SMARTS) is 1. The van der Waals surface area contributed by atoms with Gasteiger partial charge in [-0.05, 0) is 43.7 Å². The van der Waals surface area contributed by atoms with Crippen LogP contribution in [0.1, 0.15) is 65.5 Å².